The molecule has 0 aromatic heterocycles. The second kappa shape index (κ2) is 7.49. The zero-order valence-corrected chi connectivity index (χ0v) is 17.9. The van der Waals surface area contributed by atoms with Crippen molar-refractivity contribution >= 4 is 5.97 Å². The van der Waals surface area contributed by atoms with Crippen LogP contribution in [0.25, 0.3) is 0 Å². The number of carbonyl (C=O) groups is 1. The van der Waals surface area contributed by atoms with Crippen LogP contribution in [0.4, 0.5) is 0 Å². The van der Waals surface area contributed by atoms with Gasteiger partial charge in [-0.25, -0.2) is 0 Å². The van der Waals surface area contributed by atoms with E-state index in [0.29, 0.717) is 19.1 Å². The molecule has 3 aliphatic rings. The maximum atomic E-state index is 11.7. The van der Waals surface area contributed by atoms with Crippen LogP contribution in [0.3, 0.4) is 0 Å². The predicted molar refractivity (Wildman–Crippen MR) is 103 cm³/mol. The number of ether oxygens (including phenoxy) is 4. The summed E-state index contributed by atoms with van der Waals surface area (Å²) in [5, 5.41) is 0. The zero-order chi connectivity index (χ0) is 19.9. The summed E-state index contributed by atoms with van der Waals surface area (Å²) >= 11 is 0. The van der Waals surface area contributed by atoms with E-state index in [2.05, 4.69) is 27.7 Å². The third-order valence-corrected chi connectivity index (χ3v) is 6.41. The number of hydrogen-bond donors (Lipinski definition) is 0. The summed E-state index contributed by atoms with van der Waals surface area (Å²) in [6.07, 6.45) is 5.78. The zero-order valence-electron chi connectivity index (χ0n) is 17.9. The molecule has 5 heteroatoms. The van der Waals surface area contributed by atoms with Gasteiger partial charge in [0.15, 0.2) is 5.79 Å². The summed E-state index contributed by atoms with van der Waals surface area (Å²) in [4.78, 5) is 11.7. The van der Waals surface area contributed by atoms with Crippen molar-refractivity contribution in [3.05, 3.63) is 11.3 Å². The molecule has 1 heterocycles. The molecular formula is C22H36O5. The summed E-state index contributed by atoms with van der Waals surface area (Å²) in [7, 11) is 0. The monoisotopic (exact) mass is 380 g/mol. The van der Waals surface area contributed by atoms with Gasteiger partial charge in [-0.05, 0) is 64.9 Å². The van der Waals surface area contributed by atoms with Crippen molar-refractivity contribution in [3.63, 3.8) is 0 Å². The summed E-state index contributed by atoms with van der Waals surface area (Å²) in [5.74, 6) is 0.620. The molecular weight excluding hydrogens is 344 g/mol. The lowest BCUT2D eigenvalue weighted by Gasteiger charge is -2.44. The van der Waals surface area contributed by atoms with Crippen LogP contribution in [0.2, 0.25) is 0 Å². The van der Waals surface area contributed by atoms with E-state index in [1.54, 1.807) is 0 Å². The SMILES string of the molecule is CC(=O)OC1=C(CCC2(C)OCCO2)C[C@@]2(C)[C@@H](CC[C@@H]2OC(C)(C)C)C1. The Bertz CT molecular complexity index is 596. The first-order valence-corrected chi connectivity index (χ1v) is 10.4. The van der Waals surface area contributed by atoms with Crippen molar-refractivity contribution in [3.8, 4) is 0 Å². The van der Waals surface area contributed by atoms with Gasteiger partial charge >= 0.3 is 5.97 Å². The second-order valence-corrected chi connectivity index (χ2v) is 9.83. The Balaban J connectivity index is 1.79. The minimum absolute atomic E-state index is 0.0879. The molecule has 0 aromatic carbocycles. The molecule has 0 bridgehead atoms. The van der Waals surface area contributed by atoms with Crippen molar-refractivity contribution in [1.82, 2.24) is 0 Å². The summed E-state index contributed by atoms with van der Waals surface area (Å²) in [6, 6.07) is 0. The molecule has 3 atom stereocenters. The van der Waals surface area contributed by atoms with Crippen molar-refractivity contribution in [1.29, 1.82) is 0 Å². The lowest BCUT2D eigenvalue weighted by molar-refractivity contribution is -0.147. The first-order valence-electron chi connectivity index (χ1n) is 10.4. The van der Waals surface area contributed by atoms with Gasteiger partial charge in [0.25, 0.3) is 0 Å². The van der Waals surface area contributed by atoms with E-state index in [9.17, 15) is 4.79 Å². The van der Waals surface area contributed by atoms with Gasteiger partial charge in [0.05, 0.1) is 24.9 Å². The van der Waals surface area contributed by atoms with Crippen molar-refractivity contribution in [2.24, 2.45) is 11.3 Å². The highest BCUT2D eigenvalue weighted by Crippen LogP contribution is 2.56. The highest BCUT2D eigenvalue weighted by Gasteiger charge is 2.51. The third-order valence-electron chi connectivity index (χ3n) is 6.41. The Hall–Kier alpha value is -0.910. The molecule has 0 radical (unpaired) electrons. The van der Waals surface area contributed by atoms with E-state index >= 15 is 0 Å². The van der Waals surface area contributed by atoms with Gasteiger partial charge in [-0.15, -0.1) is 0 Å². The van der Waals surface area contributed by atoms with E-state index in [1.807, 2.05) is 6.92 Å². The van der Waals surface area contributed by atoms with E-state index in [1.165, 1.54) is 12.5 Å². The number of fused-ring (bicyclic) bond motifs is 1. The van der Waals surface area contributed by atoms with Crippen LogP contribution < -0.4 is 0 Å². The van der Waals surface area contributed by atoms with Crippen molar-refractivity contribution in [2.75, 3.05) is 13.2 Å². The minimum Gasteiger partial charge on any atom is -0.431 e. The Morgan fingerprint density at radius 1 is 1.19 bits per heavy atom. The molecule has 3 rings (SSSR count). The highest BCUT2D eigenvalue weighted by molar-refractivity contribution is 5.67. The molecule has 0 amide bonds. The molecule has 0 unspecified atom stereocenters. The smallest absolute Gasteiger partial charge is 0.307 e. The Kier molecular flexibility index (Phi) is 5.77. The number of hydrogen-bond acceptors (Lipinski definition) is 5. The maximum Gasteiger partial charge on any atom is 0.307 e. The number of esters is 1. The molecule has 2 aliphatic carbocycles. The quantitative estimate of drug-likeness (QED) is 0.645. The number of allylic oxidation sites excluding steroid dienone is 2. The van der Waals surface area contributed by atoms with Gasteiger partial charge in [-0.1, -0.05) is 6.92 Å². The molecule has 0 aromatic rings. The molecule has 1 saturated carbocycles. The Morgan fingerprint density at radius 3 is 2.44 bits per heavy atom. The van der Waals surface area contributed by atoms with Gasteiger partial charge in [0.2, 0.25) is 0 Å². The number of rotatable bonds is 5. The predicted octanol–water partition coefficient (Wildman–Crippen LogP) is 4.74. The van der Waals surface area contributed by atoms with Crippen molar-refractivity contribution < 1.29 is 23.7 Å². The van der Waals surface area contributed by atoms with Gasteiger partial charge in [-0.2, -0.15) is 0 Å². The molecule has 0 spiro atoms. The highest BCUT2D eigenvalue weighted by atomic mass is 16.7. The third kappa shape index (κ3) is 4.75. The van der Waals surface area contributed by atoms with Gasteiger partial charge in [-0.3, -0.25) is 4.79 Å². The fraction of sp³-hybridized carbons (Fsp3) is 0.864. The Morgan fingerprint density at radius 2 is 1.85 bits per heavy atom. The van der Waals surface area contributed by atoms with Crippen LogP contribution in [0.15, 0.2) is 11.3 Å². The molecule has 154 valence electrons. The average Bonchev–Trinajstić information content (AvgIpc) is 3.09. The molecule has 1 aliphatic heterocycles. The van der Waals surface area contributed by atoms with E-state index < -0.39 is 5.79 Å². The van der Waals surface area contributed by atoms with Crippen LogP contribution in [0, 0.1) is 11.3 Å². The van der Waals surface area contributed by atoms with Crippen LogP contribution >= 0.6 is 0 Å². The van der Waals surface area contributed by atoms with Crippen LogP contribution in [0.5, 0.6) is 0 Å². The summed E-state index contributed by atoms with van der Waals surface area (Å²) in [5.41, 5.74) is 1.17. The standard InChI is InChI=1S/C22H36O5/c1-15(23)26-18-13-17-7-8-19(27-20(2,3)4)21(17,5)14-16(18)9-10-22(6)24-11-12-25-22/h17,19H,7-14H2,1-6H3/t17-,19-,21-/m0/s1. The molecule has 5 nitrogen and oxygen atoms in total. The first-order chi connectivity index (χ1) is 12.5. The van der Waals surface area contributed by atoms with E-state index in [0.717, 1.165) is 44.3 Å². The molecule has 27 heavy (non-hydrogen) atoms. The molecule has 0 N–H and O–H groups in total. The topological polar surface area (TPSA) is 54.0 Å². The molecule has 2 fully saturated rings. The lowest BCUT2D eigenvalue weighted by Crippen LogP contribution is -2.41. The first kappa shape index (κ1) is 20.8. The average molecular weight is 381 g/mol. The minimum atomic E-state index is -0.525. The van der Waals surface area contributed by atoms with Gasteiger partial charge < -0.3 is 18.9 Å². The summed E-state index contributed by atoms with van der Waals surface area (Å²) in [6.45, 7) is 13.5. The van der Waals surface area contributed by atoms with E-state index in [4.69, 9.17) is 18.9 Å². The fourth-order valence-electron chi connectivity index (χ4n) is 5.01. The Labute approximate surface area is 163 Å². The van der Waals surface area contributed by atoms with Crippen LogP contribution in [0.1, 0.15) is 80.1 Å². The van der Waals surface area contributed by atoms with Gasteiger partial charge in [0.1, 0.15) is 5.76 Å². The fourth-order valence-corrected chi connectivity index (χ4v) is 5.01. The van der Waals surface area contributed by atoms with Crippen molar-refractivity contribution in [2.45, 2.75) is 97.6 Å². The van der Waals surface area contributed by atoms with Crippen LogP contribution in [-0.2, 0) is 23.7 Å². The number of carbonyl (C=O) groups excluding carboxylic acids is 1. The maximum absolute atomic E-state index is 11.7. The normalized spacial score (nSPS) is 33.3. The summed E-state index contributed by atoms with van der Waals surface area (Å²) < 4.78 is 23.7. The molecule has 1 saturated heterocycles. The second-order valence-electron chi connectivity index (χ2n) is 9.83. The van der Waals surface area contributed by atoms with Gasteiger partial charge in [0, 0.05) is 25.2 Å². The van der Waals surface area contributed by atoms with Crippen LogP contribution in [-0.4, -0.2) is 36.7 Å². The van der Waals surface area contributed by atoms with E-state index in [-0.39, 0.29) is 23.1 Å². The largest absolute Gasteiger partial charge is 0.431 e. The lowest BCUT2D eigenvalue weighted by atomic mass is 9.67.